The summed E-state index contributed by atoms with van der Waals surface area (Å²) < 4.78 is 0. The molecule has 1 fully saturated rings. The lowest BCUT2D eigenvalue weighted by Crippen LogP contribution is -2.37. The number of rotatable bonds is 5. The quantitative estimate of drug-likeness (QED) is 0.800. The molecule has 1 aromatic carbocycles. The van der Waals surface area contributed by atoms with Crippen molar-refractivity contribution in [3.8, 4) is 0 Å². The van der Waals surface area contributed by atoms with Crippen molar-refractivity contribution in [2.75, 3.05) is 12.3 Å². The van der Waals surface area contributed by atoms with Gasteiger partial charge in [0.2, 0.25) is 0 Å². The van der Waals surface area contributed by atoms with Crippen LogP contribution in [0.2, 0.25) is 0 Å². The third-order valence-electron chi connectivity index (χ3n) is 4.03. The van der Waals surface area contributed by atoms with Crippen LogP contribution in [-0.2, 0) is 6.54 Å². The Morgan fingerprint density at radius 2 is 1.89 bits per heavy atom. The second-order valence-electron chi connectivity index (χ2n) is 5.46. The van der Waals surface area contributed by atoms with Crippen LogP contribution in [0.25, 0.3) is 0 Å². The van der Waals surface area contributed by atoms with Gasteiger partial charge in [-0.15, -0.1) is 0 Å². The topological polar surface area (TPSA) is 29.3 Å². The summed E-state index contributed by atoms with van der Waals surface area (Å²) in [6, 6.07) is 9.07. The van der Waals surface area contributed by atoms with E-state index in [0.717, 1.165) is 18.3 Å². The van der Waals surface area contributed by atoms with Crippen molar-refractivity contribution in [3.63, 3.8) is 0 Å². The zero-order chi connectivity index (χ0) is 12.8. The van der Waals surface area contributed by atoms with Crippen LogP contribution in [0.1, 0.15) is 51.0 Å². The molecule has 0 unspecified atom stereocenters. The van der Waals surface area contributed by atoms with Gasteiger partial charge < -0.3 is 5.73 Å². The van der Waals surface area contributed by atoms with Gasteiger partial charge in [0.1, 0.15) is 0 Å². The van der Waals surface area contributed by atoms with E-state index < -0.39 is 0 Å². The van der Waals surface area contributed by atoms with Gasteiger partial charge in [0.25, 0.3) is 0 Å². The Balaban J connectivity index is 2.03. The standard InChI is InChI=1S/C16H26N2/c1-2-12-18(15-9-4-3-5-10-15)13-14-8-6-7-11-16(14)17/h6-8,11,15H,2-5,9-10,12-13,17H2,1H3. The Kier molecular flexibility index (Phi) is 5.06. The zero-order valence-electron chi connectivity index (χ0n) is 11.6. The molecule has 0 atom stereocenters. The average molecular weight is 246 g/mol. The Morgan fingerprint density at radius 1 is 1.17 bits per heavy atom. The Hall–Kier alpha value is -1.02. The van der Waals surface area contributed by atoms with E-state index in [0.29, 0.717) is 0 Å². The van der Waals surface area contributed by atoms with Gasteiger partial charge in [0, 0.05) is 18.3 Å². The Morgan fingerprint density at radius 3 is 2.56 bits per heavy atom. The maximum absolute atomic E-state index is 6.07. The second-order valence-corrected chi connectivity index (χ2v) is 5.46. The summed E-state index contributed by atoms with van der Waals surface area (Å²) in [6.45, 7) is 4.48. The summed E-state index contributed by atoms with van der Waals surface area (Å²) >= 11 is 0. The minimum Gasteiger partial charge on any atom is -0.398 e. The molecule has 0 bridgehead atoms. The van der Waals surface area contributed by atoms with E-state index in [1.54, 1.807) is 0 Å². The first-order chi connectivity index (χ1) is 8.81. The number of hydrogen-bond donors (Lipinski definition) is 1. The number of nitrogens with two attached hydrogens (primary N) is 1. The molecule has 1 aliphatic carbocycles. The van der Waals surface area contributed by atoms with Gasteiger partial charge in [-0.1, -0.05) is 44.4 Å². The largest absolute Gasteiger partial charge is 0.398 e. The van der Waals surface area contributed by atoms with E-state index in [-0.39, 0.29) is 0 Å². The molecule has 0 amide bonds. The maximum Gasteiger partial charge on any atom is 0.0359 e. The predicted octanol–water partition coefficient (Wildman–Crippen LogP) is 3.81. The number of benzene rings is 1. The van der Waals surface area contributed by atoms with Crippen LogP contribution in [0.3, 0.4) is 0 Å². The van der Waals surface area contributed by atoms with Crippen molar-refractivity contribution in [1.29, 1.82) is 0 Å². The first-order valence-corrected chi connectivity index (χ1v) is 7.38. The third-order valence-corrected chi connectivity index (χ3v) is 4.03. The van der Waals surface area contributed by atoms with Crippen LogP contribution in [-0.4, -0.2) is 17.5 Å². The van der Waals surface area contributed by atoms with Crippen LogP contribution in [0, 0.1) is 0 Å². The Labute approximate surface area is 111 Å². The smallest absolute Gasteiger partial charge is 0.0359 e. The van der Waals surface area contributed by atoms with Crippen LogP contribution in [0.15, 0.2) is 24.3 Å². The van der Waals surface area contributed by atoms with Crippen LogP contribution >= 0.6 is 0 Å². The summed E-state index contributed by atoms with van der Waals surface area (Å²) in [4.78, 5) is 2.64. The molecule has 100 valence electrons. The molecule has 0 aromatic heterocycles. The van der Waals surface area contributed by atoms with Crippen LogP contribution < -0.4 is 5.73 Å². The highest BCUT2D eigenvalue weighted by atomic mass is 15.2. The van der Waals surface area contributed by atoms with E-state index in [2.05, 4.69) is 24.0 Å². The molecule has 1 aliphatic rings. The molecular formula is C16H26N2. The lowest BCUT2D eigenvalue weighted by molar-refractivity contribution is 0.148. The fourth-order valence-corrected chi connectivity index (χ4v) is 3.02. The second kappa shape index (κ2) is 6.79. The molecule has 2 rings (SSSR count). The van der Waals surface area contributed by atoms with Gasteiger partial charge >= 0.3 is 0 Å². The van der Waals surface area contributed by atoms with Crippen molar-refractivity contribution in [2.45, 2.75) is 58.0 Å². The molecule has 0 aliphatic heterocycles. The Bertz CT molecular complexity index is 356. The van der Waals surface area contributed by atoms with Crippen LogP contribution in [0.4, 0.5) is 5.69 Å². The van der Waals surface area contributed by atoms with E-state index in [9.17, 15) is 0 Å². The van der Waals surface area contributed by atoms with E-state index in [1.807, 2.05) is 12.1 Å². The summed E-state index contributed by atoms with van der Waals surface area (Å²) in [6.07, 6.45) is 8.18. The number of anilines is 1. The fraction of sp³-hybridized carbons (Fsp3) is 0.625. The molecule has 18 heavy (non-hydrogen) atoms. The fourth-order valence-electron chi connectivity index (χ4n) is 3.02. The molecule has 0 spiro atoms. The van der Waals surface area contributed by atoms with Gasteiger partial charge in [-0.3, -0.25) is 4.90 Å². The minimum absolute atomic E-state index is 0.776. The van der Waals surface area contributed by atoms with Gasteiger partial charge in [-0.2, -0.15) is 0 Å². The van der Waals surface area contributed by atoms with Crippen molar-refractivity contribution in [3.05, 3.63) is 29.8 Å². The monoisotopic (exact) mass is 246 g/mol. The van der Waals surface area contributed by atoms with Crippen molar-refractivity contribution in [2.24, 2.45) is 0 Å². The molecule has 0 radical (unpaired) electrons. The predicted molar refractivity (Wildman–Crippen MR) is 78.4 cm³/mol. The lowest BCUT2D eigenvalue weighted by atomic mass is 9.93. The summed E-state index contributed by atoms with van der Waals surface area (Å²) in [5, 5.41) is 0. The molecule has 2 nitrogen and oxygen atoms in total. The molecule has 1 saturated carbocycles. The summed E-state index contributed by atoms with van der Waals surface area (Å²) in [7, 11) is 0. The molecule has 2 heteroatoms. The number of hydrogen-bond acceptors (Lipinski definition) is 2. The number of nitrogen functional groups attached to an aromatic ring is 1. The van der Waals surface area contributed by atoms with Crippen molar-refractivity contribution < 1.29 is 0 Å². The van der Waals surface area contributed by atoms with Gasteiger partial charge in [0.05, 0.1) is 0 Å². The molecule has 1 aromatic rings. The molecular weight excluding hydrogens is 220 g/mol. The molecule has 2 N–H and O–H groups in total. The highest BCUT2D eigenvalue weighted by Gasteiger charge is 2.20. The maximum atomic E-state index is 6.07. The average Bonchev–Trinajstić information content (AvgIpc) is 2.42. The summed E-state index contributed by atoms with van der Waals surface area (Å²) in [5.41, 5.74) is 8.30. The van der Waals surface area contributed by atoms with Gasteiger partial charge in [-0.25, -0.2) is 0 Å². The van der Waals surface area contributed by atoms with Crippen molar-refractivity contribution in [1.82, 2.24) is 4.90 Å². The van der Waals surface area contributed by atoms with Crippen LogP contribution in [0.5, 0.6) is 0 Å². The van der Waals surface area contributed by atoms with Crippen molar-refractivity contribution >= 4 is 5.69 Å². The van der Waals surface area contributed by atoms with Gasteiger partial charge in [-0.05, 0) is 37.4 Å². The SMILES string of the molecule is CCCN(Cc1ccccc1N)C1CCCCC1. The number of para-hydroxylation sites is 1. The summed E-state index contributed by atoms with van der Waals surface area (Å²) in [5.74, 6) is 0. The van der Waals surface area contributed by atoms with E-state index in [1.165, 1.54) is 50.6 Å². The first-order valence-electron chi connectivity index (χ1n) is 7.38. The normalized spacial score (nSPS) is 17.2. The van der Waals surface area contributed by atoms with E-state index in [4.69, 9.17) is 5.73 Å². The van der Waals surface area contributed by atoms with E-state index >= 15 is 0 Å². The molecule has 0 heterocycles. The highest BCUT2D eigenvalue weighted by Crippen LogP contribution is 2.25. The first kappa shape index (κ1) is 13.4. The van der Waals surface area contributed by atoms with Gasteiger partial charge in [0.15, 0.2) is 0 Å². The number of nitrogens with zero attached hydrogens (tertiary/aromatic N) is 1. The lowest BCUT2D eigenvalue weighted by Gasteiger charge is -2.34. The zero-order valence-corrected chi connectivity index (χ0v) is 11.6. The highest BCUT2D eigenvalue weighted by molar-refractivity contribution is 5.46. The minimum atomic E-state index is 0.776. The molecule has 0 saturated heterocycles. The third kappa shape index (κ3) is 3.49.